The lowest BCUT2D eigenvalue weighted by atomic mass is 10.1. The maximum atomic E-state index is 13.7. The average molecular weight is 296 g/mol. The number of aromatic nitrogens is 2. The lowest BCUT2D eigenvalue weighted by Gasteiger charge is -2.19. The molecule has 1 aromatic heterocycles. The molecule has 3 nitrogen and oxygen atoms in total. The molecule has 20 heavy (non-hydrogen) atoms. The van der Waals surface area contributed by atoms with Gasteiger partial charge in [0.1, 0.15) is 11.6 Å². The molecule has 0 saturated heterocycles. The van der Waals surface area contributed by atoms with Crippen LogP contribution in [0.4, 0.5) is 4.39 Å². The molecule has 0 bridgehead atoms. The minimum absolute atomic E-state index is 0.131. The van der Waals surface area contributed by atoms with Crippen LogP contribution in [0.3, 0.4) is 0 Å². The summed E-state index contributed by atoms with van der Waals surface area (Å²) in [7, 11) is 0. The van der Waals surface area contributed by atoms with Crippen molar-refractivity contribution in [2.75, 3.05) is 6.54 Å². The molecule has 2 rings (SSSR count). The van der Waals surface area contributed by atoms with Crippen LogP contribution in [0.15, 0.2) is 30.6 Å². The molecule has 0 aliphatic rings. The van der Waals surface area contributed by atoms with Gasteiger partial charge in [0.25, 0.3) is 0 Å². The predicted molar refractivity (Wildman–Crippen MR) is 79.4 cm³/mol. The SMILES string of the molecule is CCCn1ccnc1C(NCC)c1ccc(Cl)c(F)c1. The van der Waals surface area contributed by atoms with Crippen molar-refractivity contribution in [1.29, 1.82) is 0 Å². The molecule has 2 aromatic rings. The van der Waals surface area contributed by atoms with Crippen molar-refractivity contribution in [2.24, 2.45) is 0 Å². The highest BCUT2D eigenvalue weighted by Crippen LogP contribution is 2.24. The summed E-state index contributed by atoms with van der Waals surface area (Å²) >= 11 is 5.75. The van der Waals surface area contributed by atoms with Gasteiger partial charge in [-0.25, -0.2) is 9.37 Å². The Morgan fingerprint density at radius 1 is 1.40 bits per heavy atom. The Kier molecular flexibility index (Phi) is 5.15. The first kappa shape index (κ1) is 15.0. The van der Waals surface area contributed by atoms with E-state index < -0.39 is 5.82 Å². The van der Waals surface area contributed by atoms with Crippen LogP contribution in [0.1, 0.15) is 37.7 Å². The van der Waals surface area contributed by atoms with Gasteiger partial charge in [-0.05, 0) is 30.7 Å². The number of hydrogen-bond acceptors (Lipinski definition) is 2. The smallest absolute Gasteiger partial charge is 0.142 e. The maximum Gasteiger partial charge on any atom is 0.142 e. The van der Waals surface area contributed by atoms with Gasteiger partial charge in [-0.1, -0.05) is 31.5 Å². The molecular formula is C15H19ClFN3. The minimum Gasteiger partial charge on any atom is -0.333 e. The van der Waals surface area contributed by atoms with Crippen LogP contribution in [0.5, 0.6) is 0 Å². The normalized spacial score (nSPS) is 12.6. The number of nitrogens with one attached hydrogen (secondary N) is 1. The second-order valence-electron chi connectivity index (χ2n) is 4.64. The maximum absolute atomic E-state index is 13.7. The number of benzene rings is 1. The molecule has 0 aliphatic heterocycles. The Balaban J connectivity index is 2.39. The van der Waals surface area contributed by atoms with E-state index in [1.54, 1.807) is 12.3 Å². The van der Waals surface area contributed by atoms with Crippen LogP contribution in [0, 0.1) is 5.82 Å². The van der Waals surface area contributed by atoms with E-state index in [2.05, 4.69) is 21.8 Å². The number of aryl methyl sites for hydroxylation is 1. The molecule has 108 valence electrons. The van der Waals surface area contributed by atoms with Crippen molar-refractivity contribution in [3.8, 4) is 0 Å². The molecule has 5 heteroatoms. The zero-order valence-electron chi connectivity index (χ0n) is 11.7. The summed E-state index contributed by atoms with van der Waals surface area (Å²) in [6.07, 6.45) is 4.76. The Morgan fingerprint density at radius 3 is 2.85 bits per heavy atom. The van der Waals surface area contributed by atoms with Gasteiger partial charge in [0.2, 0.25) is 0 Å². The van der Waals surface area contributed by atoms with Gasteiger partial charge < -0.3 is 9.88 Å². The van der Waals surface area contributed by atoms with Crippen molar-refractivity contribution in [1.82, 2.24) is 14.9 Å². The molecule has 1 N–H and O–H groups in total. The Morgan fingerprint density at radius 2 is 2.20 bits per heavy atom. The van der Waals surface area contributed by atoms with Crippen LogP contribution in [-0.4, -0.2) is 16.1 Å². The Hall–Kier alpha value is -1.39. The van der Waals surface area contributed by atoms with Gasteiger partial charge >= 0.3 is 0 Å². The number of halogens is 2. The fourth-order valence-electron chi connectivity index (χ4n) is 2.27. The number of imidazole rings is 1. The minimum atomic E-state index is -0.402. The van der Waals surface area contributed by atoms with Crippen LogP contribution in [-0.2, 0) is 6.54 Å². The summed E-state index contributed by atoms with van der Waals surface area (Å²) in [5.74, 6) is 0.496. The first-order chi connectivity index (χ1) is 9.67. The van der Waals surface area contributed by atoms with E-state index in [9.17, 15) is 4.39 Å². The molecule has 0 amide bonds. The Labute approximate surface area is 123 Å². The van der Waals surface area contributed by atoms with E-state index in [1.165, 1.54) is 6.07 Å². The summed E-state index contributed by atoms with van der Waals surface area (Å²) in [6.45, 7) is 5.81. The van der Waals surface area contributed by atoms with E-state index in [4.69, 9.17) is 11.6 Å². The van der Waals surface area contributed by atoms with Crippen LogP contribution in [0.25, 0.3) is 0 Å². The van der Waals surface area contributed by atoms with E-state index in [-0.39, 0.29) is 11.1 Å². The predicted octanol–water partition coefficient (Wildman–Crippen LogP) is 3.78. The van der Waals surface area contributed by atoms with Gasteiger partial charge in [0, 0.05) is 18.9 Å². The van der Waals surface area contributed by atoms with Gasteiger partial charge in [-0.2, -0.15) is 0 Å². The number of hydrogen-bond donors (Lipinski definition) is 1. The highest BCUT2D eigenvalue weighted by atomic mass is 35.5. The van der Waals surface area contributed by atoms with E-state index >= 15 is 0 Å². The third kappa shape index (κ3) is 3.19. The zero-order chi connectivity index (χ0) is 14.5. The number of nitrogens with zero attached hydrogens (tertiary/aromatic N) is 2. The van der Waals surface area contributed by atoms with E-state index in [1.807, 2.05) is 19.2 Å². The summed E-state index contributed by atoms with van der Waals surface area (Å²) in [4.78, 5) is 4.43. The fourth-order valence-corrected chi connectivity index (χ4v) is 2.38. The lowest BCUT2D eigenvalue weighted by molar-refractivity contribution is 0.539. The molecule has 0 fully saturated rings. The summed E-state index contributed by atoms with van der Waals surface area (Å²) < 4.78 is 15.8. The molecule has 1 heterocycles. The first-order valence-corrected chi connectivity index (χ1v) is 7.24. The van der Waals surface area contributed by atoms with Gasteiger partial charge in [0.15, 0.2) is 0 Å². The average Bonchev–Trinajstić information content (AvgIpc) is 2.88. The number of rotatable bonds is 6. The van der Waals surface area contributed by atoms with Crippen molar-refractivity contribution < 1.29 is 4.39 Å². The molecule has 0 spiro atoms. The molecule has 1 atom stereocenters. The van der Waals surface area contributed by atoms with Crippen LogP contribution < -0.4 is 5.32 Å². The van der Waals surface area contributed by atoms with Crippen molar-refractivity contribution in [3.63, 3.8) is 0 Å². The van der Waals surface area contributed by atoms with Gasteiger partial charge in [0.05, 0.1) is 11.1 Å². The van der Waals surface area contributed by atoms with E-state index in [0.717, 1.165) is 30.9 Å². The molecule has 1 aromatic carbocycles. The summed E-state index contributed by atoms with van der Waals surface area (Å²) in [6, 6.07) is 4.77. The van der Waals surface area contributed by atoms with E-state index in [0.29, 0.717) is 0 Å². The Bertz CT molecular complexity index is 568. The quantitative estimate of drug-likeness (QED) is 0.879. The van der Waals surface area contributed by atoms with Gasteiger partial charge in [-0.15, -0.1) is 0 Å². The highest BCUT2D eigenvalue weighted by Gasteiger charge is 2.19. The third-order valence-electron chi connectivity index (χ3n) is 3.16. The van der Waals surface area contributed by atoms with Crippen LogP contribution >= 0.6 is 11.6 Å². The second kappa shape index (κ2) is 6.86. The van der Waals surface area contributed by atoms with Crippen molar-refractivity contribution >= 4 is 11.6 Å². The third-order valence-corrected chi connectivity index (χ3v) is 3.46. The summed E-state index contributed by atoms with van der Waals surface area (Å²) in [5.41, 5.74) is 0.831. The van der Waals surface area contributed by atoms with Crippen molar-refractivity contribution in [3.05, 3.63) is 52.8 Å². The molecule has 1 unspecified atom stereocenters. The van der Waals surface area contributed by atoms with Crippen LogP contribution in [0.2, 0.25) is 5.02 Å². The first-order valence-electron chi connectivity index (χ1n) is 6.86. The molecule has 0 saturated carbocycles. The molecule has 0 aliphatic carbocycles. The zero-order valence-corrected chi connectivity index (χ0v) is 12.5. The lowest BCUT2D eigenvalue weighted by Crippen LogP contribution is -2.25. The topological polar surface area (TPSA) is 29.9 Å². The molecule has 0 radical (unpaired) electrons. The largest absolute Gasteiger partial charge is 0.333 e. The fraction of sp³-hybridized carbons (Fsp3) is 0.400. The molecular weight excluding hydrogens is 277 g/mol. The van der Waals surface area contributed by atoms with Gasteiger partial charge in [-0.3, -0.25) is 0 Å². The monoisotopic (exact) mass is 295 g/mol. The standard InChI is InChI=1S/C15H19ClFN3/c1-3-8-20-9-7-19-15(20)14(18-4-2)11-5-6-12(16)13(17)10-11/h5-7,9-10,14,18H,3-4,8H2,1-2H3. The van der Waals surface area contributed by atoms with Crippen molar-refractivity contribution in [2.45, 2.75) is 32.9 Å². The summed E-state index contributed by atoms with van der Waals surface area (Å²) in [5, 5.41) is 3.49. The second-order valence-corrected chi connectivity index (χ2v) is 5.05. The highest BCUT2D eigenvalue weighted by molar-refractivity contribution is 6.30.